The summed E-state index contributed by atoms with van der Waals surface area (Å²) in [7, 11) is -3.91. The van der Waals surface area contributed by atoms with Gasteiger partial charge in [0.15, 0.2) is 21.3 Å². The van der Waals surface area contributed by atoms with Crippen molar-refractivity contribution in [1.29, 1.82) is 0 Å². The van der Waals surface area contributed by atoms with Crippen LogP contribution in [0.2, 0.25) is 5.02 Å². The SMILES string of the molecule is CC[C@H]1CC[C@@H](CCS(=O)(=O)c2c(Cl)ccc(NC(=O)Nc3ccccc3Oc3ccccc3)c2O)N1. The van der Waals surface area contributed by atoms with E-state index in [0.29, 0.717) is 29.6 Å². The molecule has 4 N–H and O–H groups in total. The molecule has 0 aliphatic carbocycles. The van der Waals surface area contributed by atoms with Crippen LogP contribution in [-0.4, -0.2) is 37.4 Å². The Morgan fingerprint density at radius 1 is 1.00 bits per heavy atom. The monoisotopic (exact) mass is 543 g/mol. The first-order chi connectivity index (χ1) is 17.8. The van der Waals surface area contributed by atoms with Crippen LogP contribution < -0.4 is 20.7 Å². The number of halogens is 1. The number of urea groups is 1. The number of rotatable bonds is 9. The fourth-order valence-corrected chi connectivity index (χ4v) is 6.42. The van der Waals surface area contributed by atoms with Crippen molar-refractivity contribution >= 4 is 38.8 Å². The zero-order valence-electron chi connectivity index (χ0n) is 20.4. The highest BCUT2D eigenvalue weighted by Gasteiger charge is 2.29. The van der Waals surface area contributed by atoms with E-state index >= 15 is 0 Å². The Labute approximate surface area is 221 Å². The Morgan fingerprint density at radius 3 is 2.41 bits per heavy atom. The van der Waals surface area contributed by atoms with Crippen LogP contribution in [0.15, 0.2) is 71.6 Å². The van der Waals surface area contributed by atoms with Crippen molar-refractivity contribution in [2.45, 2.75) is 49.6 Å². The van der Waals surface area contributed by atoms with Crippen molar-refractivity contribution < 1.29 is 23.1 Å². The fraction of sp³-hybridized carbons (Fsp3) is 0.296. The molecule has 0 unspecified atom stereocenters. The molecule has 0 spiro atoms. The van der Waals surface area contributed by atoms with Crippen LogP contribution in [0, 0.1) is 0 Å². The van der Waals surface area contributed by atoms with E-state index in [9.17, 15) is 18.3 Å². The molecule has 0 saturated carbocycles. The third-order valence-electron chi connectivity index (χ3n) is 6.31. The maximum Gasteiger partial charge on any atom is 0.323 e. The van der Waals surface area contributed by atoms with Gasteiger partial charge in [-0.25, -0.2) is 13.2 Å². The van der Waals surface area contributed by atoms with E-state index in [-0.39, 0.29) is 27.4 Å². The number of phenols is 1. The lowest BCUT2D eigenvalue weighted by Gasteiger charge is -2.16. The third-order valence-corrected chi connectivity index (χ3v) is 8.55. The summed E-state index contributed by atoms with van der Waals surface area (Å²) in [6.07, 6.45) is 3.33. The predicted molar refractivity (Wildman–Crippen MR) is 146 cm³/mol. The van der Waals surface area contributed by atoms with Crippen LogP contribution in [-0.2, 0) is 9.84 Å². The van der Waals surface area contributed by atoms with Gasteiger partial charge in [0, 0.05) is 12.1 Å². The van der Waals surface area contributed by atoms with Gasteiger partial charge in [-0.15, -0.1) is 0 Å². The van der Waals surface area contributed by atoms with Gasteiger partial charge in [0.2, 0.25) is 0 Å². The van der Waals surface area contributed by atoms with Crippen LogP contribution >= 0.6 is 11.6 Å². The summed E-state index contributed by atoms with van der Waals surface area (Å²) >= 11 is 6.19. The molecule has 0 radical (unpaired) electrons. The van der Waals surface area contributed by atoms with E-state index < -0.39 is 21.6 Å². The van der Waals surface area contributed by atoms with Crippen LogP contribution in [0.4, 0.5) is 16.2 Å². The minimum Gasteiger partial charge on any atom is -0.504 e. The molecule has 2 amide bonds. The van der Waals surface area contributed by atoms with E-state index in [1.165, 1.54) is 12.1 Å². The van der Waals surface area contributed by atoms with E-state index in [1.807, 2.05) is 18.2 Å². The standard InChI is InChI=1S/C27H30ClN3O5S/c1-2-18-12-13-19(29-18)16-17-37(34,35)26-21(28)14-15-23(25(26)32)31-27(33)30-22-10-6-7-11-24(22)36-20-8-4-3-5-9-20/h3-11,14-15,18-19,29,32H,2,12-13,16-17H2,1H3,(H2,30,31,33)/t18-,19-/m0/s1. The first-order valence-electron chi connectivity index (χ1n) is 12.2. The lowest BCUT2D eigenvalue weighted by molar-refractivity contribution is 0.262. The smallest absolute Gasteiger partial charge is 0.323 e. The van der Waals surface area contributed by atoms with Crippen molar-refractivity contribution in [2.24, 2.45) is 0 Å². The molecule has 1 saturated heterocycles. The van der Waals surface area contributed by atoms with Crippen LogP contribution in [0.3, 0.4) is 0 Å². The van der Waals surface area contributed by atoms with Crippen LogP contribution in [0.1, 0.15) is 32.6 Å². The number of carbonyl (C=O) groups is 1. The Morgan fingerprint density at radius 2 is 1.68 bits per heavy atom. The molecule has 3 aromatic rings. The van der Waals surface area contributed by atoms with Crippen LogP contribution in [0.5, 0.6) is 17.2 Å². The Kier molecular flexibility index (Phi) is 8.58. The highest BCUT2D eigenvalue weighted by Crippen LogP contribution is 2.38. The number of sulfone groups is 1. The molecule has 8 nitrogen and oxygen atoms in total. The molecule has 1 aliphatic rings. The second kappa shape index (κ2) is 11.9. The molecule has 196 valence electrons. The van der Waals surface area contributed by atoms with Crippen molar-refractivity contribution in [3.05, 3.63) is 71.8 Å². The van der Waals surface area contributed by atoms with Gasteiger partial charge in [0.05, 0.1) is 22.2 Å². The minimum atomic E-state index is -3.91. The molecule has 10 heteroatoms. The van der Waals surface area contributed by atoms with Gasteiger partial charge in [-0.05, 0) is 62.1 Å². The zero-order chi connectivity index (χ0) is 26.4. The van der Waals surface area contributed by atoms with Gasteiger partial charge in [0.25, 0.3) is 0 Å². The maximum absolute atomic E-state index is 13.1. The second-order valence-corrected chi connectivity index (χ2v) is 11.4. The van der Waals surface area contributed by atoms with Gasteiger partial charge in [-0.3, -0.25) is 0 Å². The maximum atomic E-state index is 13.1. The summed E-state index contributed by atoms with van der Waals surface area (Å²) < 4.78 is 32.1. The first-order valence-corrected chi connectivity index (χ1v) is 14.2. The molecule has 1 fully saturated rings. The normalized spacial score (nSPS) is 17.4. The summed E-state index contributed by atoms with van der Waals surface area (Å²) in [5.41, 5.74) is 0.312. The predicted octanol–water partition coefficient (Wildman–Crippen LogP) is 6.18. The summed E-state index contributed by atoms with van der Waals surface area (Å²) in [5, 5.41) is 19.3. The quantitative estimate of drug-likeness (QED) is 0.240. The Bertz CT molecular complexity index is 1350. The summed E-state index contributed by atoms with van der Waals surface area (Å²) in [5.74, 6) is 0.245. The molecular formula is C27H30ClN3O5S. The molecule has 4 rings (SSSR count). The van der Waals surface area contributed by atoms with Gasteiger partial charge in [-0.1, -0.05) is 48.9 Å². The lowest BCUT2D eigenvalue weighted by Crippen LogP contribution is -2.30. The molecule has 2 atom stereocenters. The van der Waals surface area contributed by atoms with Gasteiger partial charge in [-0.2, -0.15) is 0 Å². The average Bonchev–Trinajstić information content (AvgIpc) is 3.35. The number of para-hydroxylation sites is 3. The lowest BCUT2D eigenvalue weighted by atomic mass is 10.1. The van der Waals surface area contributed by atoms with Crippen LogP contribution in [0.25, 0.3) is 0 Å². The van der Waals surface area contributed by atoms with E-state index in [0.717, 1.165) is 19.3 Å². The molecule has 0 aromatic heterocycles. The highest BCUT2D eigenvalue weighted by molar-refractivity contribution is 7.91. The van der Waals surface area contributed by atoms with E-state index in [2.05, 4.69) is 22.9 Å². The Hall–Kier alpha value is -3.27. The van der Waals surface area contributed by atoms with Crippen molar-refractivity contribution in [3.63, 3.8) is 0 Å². The summed E-state index contributed by atoms with van der Waals surface area (Å²) in [6, 6.07) is 18.5. The number of amides is 2. The number of hydrogen-bond donors (Lipinski definition) is 4. The number of nitrogens with one attached hydrogen (secondary N) is 3. The fourth-order valence-electron chi connectivity index (χ4n) is 4.35. The molecule has 37 heavy (non-hydrogen) atoms. The van der Waals surface area contributed by atoms with E-state index in [1.54, 1.807) is 36.4 Å². The molecule has 3 aromatic carbocycles. The zero-order valence-corrected chi connectivity index (χ0v) is 22.0. The van der Waals surface area contributed by atoms with Crippen molar-refractivity contribution in [2.75, 3.05) is 16.4 Å². The topological polar surface area (TPSA) is 117 Å². The van der Waals surface area contributed by atoms with Gasteiger partial charge < -0.3 is 25.8 Å². The number of aromatic hydroxyl groups is 1. The highest BCUT2D eigenvalue weighted by atomic mass is 35.5. The number of ether oxygens (including phenoxy) is 1. The molecule has 1 aliphatic heterocycles. The Balaban J connectivity index is 1.46. The number of phenolic OH excluding ortho intramolecular Hbond substituents is 1. The molecule has 0 bridgehead atoms. The number of hydrogen-bond acceptors (Lipinski definition) is 6. The second-order valence-electron chi connectivity index (χ2n) is 8.92. The number of anilines is 2. The van der Waals surface area contributed by atoms with Gasteiger partial charge in [0.1, 0.15) is 10.6 Å². The van der Waals surface area contributed by atoms with Crippen molar-refractivity contribution in [1.82, 2.24) is 5.32 Å². The largest absolute Gasteiger partial charge is 0.504 e. The van der Waals surface area contributed by atoms with Gasteiger partial charge >= 0.3 is 6.03 Å². The van der Waals surface area contributed by atoms with Crippen molar-refractivity contribution in [3.8, 4) is 17.2 Å². The van der Waals surface area contributed by atoms with E-state index in [4.69, 9.17) is 16.3 Å². The molecule has 1 heterocycles. The minimum absolute atomic E-state index is 0.0769. The first kappa shape index (κ1) is 26.8. The third kappa shape index (κ3) is 6.74. The summed E-state index contributed by atoms with van der Waals surface area (Å²) in [6.45, 7) is 2.10. The summed E-state index contributed by atoms with van der Waals surface area (Å²) in [4.78, 5) is 12.4. The number of benzene rings is 3. The number of carbonyl (C=O) groups excluding carboxylic acids is 1. The average molecular weight is 544 g/mol. The molecular weight excluding hydrogens is 514 g/mol.